The van der Waals surface area contributed by atoms with Gasteiger partial charge in [0.1, 0.15) is 18.4 Å². The molecule has 15 heteroatoms. The molecule has 0 heterocycles. The molecule has 2 atom stereocenters. The number of hydrogen-bond acceptors (Lipinski definition) is 11. The Morgan fingerprint density at radius 2 is 1.27 bits per heavy atom. The fourth-order valence-electron chi connectivity index (χ4n) is 4.42. The van der Waals surface area contributed by atoms with Gasteiger partial charge in [-0.3, -0.25) is 19.2 Å². The summed E-state index contributed by atoms with van der Waals surface area (Å²) in [5.41, 5.74) is 6.44. The van der Waals surface area contributed by atoms with Crippen LogP contribution in [0.2, 0.25) is 0 Å². The molecule has 0 aliphatic heterocycles. The van der Waals surface area contributed by atoms with Crippen LogP contribution < -0.4 is 27.0 Å². The van der Waals surface area contributed by atoms with Crippen molar-refractivity contribution < 1.29 is 47.7 Å². The summed E-state index contributed by atoms with van der Waals surface area (Å²) in [6.07, 6.45) is 1.08. The summed E-state index contributed by atoms with van der Waals surface area (Å²) >= 11 is 0. The number of benzene rings is 1. The third-order valence-electron chi connectivity index (χ3n) is 7.49. The summed E-state index contributed by atoms with van der Waals surface area (Å²) in [4.78, 5) is 61.1. The molecule has 15 nitrogen and oxygen atoms in total. The molecule has 1 aromatic carbocycles. The van der Waals surface area contributed by atoms with Gasteiger partial charge in [0.15, 0.2) is 0 Å². The van der Waals surface area contributed by atoms with E-state index in [9.17, 15) is 24.0 Å². The Kier molecular flexibility index (Phi) is 24.1. The van der Waals surface area contributed by atoms with Crippen LogP contribution in [0.4, 0.5) is 10.5 Å². The van der Waals surface area contributed by atoms with Crippen LogP contribution in [0, 0.1) is 17.8 Å². The van der Waals surface area contributed by atoms with Crippen LogP contribution in [-0.2, 0) is 49.5 Å². The molecule has 0 bridgehead atoms. The van der Waals surface area contributed by atoms with Gasteiger partial charge in [0, 0.05) is 31.1 Å². The molecule has 0 aliphatic rings. The number of hydrogen-bond donors (Lipinski definition) is 5. The zero-order valence-electron chi connectivity index (χ0n) is 31.3. The maximum atomic E-state index is 13.3. The second-order valence-corrected chi connectivity index (χ2v) is 12.9. The maximum absolute atomic E-state index is 13.3. The highest BCUT2D eigenvalue weighted by atomic mass is 16.6. The first-order valence-corrected chi connectivity index (χ1v) is 17.8. The van der Waals surface area contributed by atoms with Crippen LogP contribution in [0.1, 0.15) is 66.4 Å². The average molecular weight is 724 g/mol. The first kappa shape index (κ1) is 45.4. The number of esters is 1. The van der Waals surface area contributed by atoms with E-state index in [0.717, 1.165) is 5.56 Å². The van der Waals surface area contributed by atoms with Crippen molar-refractivity contribution in [3.8, 4) is 0 Å². The lowest BCUT2D eigenvalue weighted by atomic mass is 10.0. The molecule has 0 aromatic heterocycles. The zero-order valence-corrected chi connectivity index (χ0v) is 31.3. The van der Waals surface area contributed by atoms with Crippen molar-refractivity contribution in [2.75, 3.05) is 71.3 Å². The number of urea groups is 1. The number of rotatable bonds is 29. The molecule has 0 saturated carbocycles. The van der Waals surface area contributed by atoms with Gasteiger partial charge in [-0.15, -0.1) is 0 Å². The molecule has 0 saturated heterocycles. The second kappa shape index (κ2) is 27.1. The van der Waals surface area contributed by atoms with Crippen LogP contribution in [0.15, 0.2) is 24.3 Å². The highest BCUT2D eigenvalue weighted by molar-refractivity contribution is 5.97. The van der Waals surface area contributed by atoms with E-state index >= 15 is 0 Å². The number of carbonyl (C=O) groups excluding carboxylic acids is 5. The molecule has 1 rings (SSSR count). The van der Waals surface area contributed by atoms with Crippen LogP contribution in [0.3, 0.4) is 0 Å². The van der Waals surface area contributed by atoms with E-state index < -0.39 is 24.0 Å². The summed E-state index contributed by atoms with van der Waals surface area (Å²) in [7, 11) is 0. The Morgan fingerprint density at radius 1 is 0.706 bits per heavy atom. The van der Waals surface area contributed by atoms with E-state index in [1.165, 1.54) is 0 Å². The standard InChI is InChI=1S/C36H61N5O10/c1-25(2)31(42)13-16-47-18-20-49-22-23-50-21-19-48-17-15-38-32(26(3)4)34(44)41-30(8-7-14-39-36(37)46)33(43)40-29-11-9-28(10-12-29)24-51-35(45)27(5)6/h9-12,25-27,30,32,38H,7-8,13-24H2,1-6H3,(H,40,43)(H,41,44)(H3,37,39,46)/t30-,32-/m0/s1. The Bertz CT molecular complexity index is 1160. The third-order valence-corrected chi connectivity index (χ3v) is 7.49. The van der Waals surface area contributed by atoms with Crippen molar-refractivity contribution >= 4 is 35.3 Å². The number of Topliss-reactive ketones (excluding diaryl/α,β-unsaturated/α-hetero) is 1. The van der Waals surface area contributed by atoms with Gasteiger partial charge < -0.3 is 50.7 Å². The monoisotopic (exact) mass is 723 g/mol. The van der Waals surface area contributed by atoms with Gasteiger partial charge in [-0.05, 0) is 36.5 Å². The van der Waals surface area contributed by atoms with Crippen LogP contribution >= 0.6 is 0 Å². The van der Waals surface area contributed by atoms with Crippen LogP contribution in [-0.4, -0.2) is 108 Å². The lowest BCUT2D eigenvalue weighted by Gasteiger charge is -2.25. The number of ether oxygens (including phenoxy) is 5. The minimum atomic E-state index is -0.882. The number of nitrogens with one attached hydrogen (secondary N) is 4. The zero-order chi connectivity index (χ0) is 38.0. The Labute approximate surface area is 302 Å². The normalized spacial score (nSPS) is 12.5. The molecule has 0 spiro atoms. The van der Waals surface area contributed by atoms with E-state index in [-0.39, 0.29) is 55.0 Å². The molecule has 0 radical (unpaired) electrons. The van der Waals surface area contributed by atoms with Gasteiger partial charge in [-0.2, -0.15) is 0 Å². The molecule has 51 heavy (non-hydrogen) atoms. The Morgan fingerprint density at radius 3 is 1.80 bits per heavy atom. The molecule has 0 aliphatic carbocycles. The van der Waals surface area contributed by atoms with Crippen molar-refractivity contribution in [1.29, 1.82) is 0 Å². The lowest BCUT2D eigenvalue weighted by molar-refractivity contribution is -0.148. The predicted octanol–water partition coefficient (Wildman–Crippen LogP) is 2.55. The maximum Gasteiger partial charge on any atom is 0.312 e. The molecular formula is C36H61N5O10. The predicted molar refractivity (Wildman–Crippen MR) is 193 cm³/mol. The molecule has 4 amide bonds. The summed E-state index contributed by atoms with van der Waals surface area (Å²) in [6, 6.07) is 4.74. The van der Waals surface area contributed by atoms with E-state index in [0.29, 0.717) is 77.9 Å². The van der Waals surface area contributed by atoms with E-state index in [4.69, 9.17) is 29.4 Å². The summed E-state index contributed by atoms with van der Waals surface area (Å²) in [6.45, 7) is 15.0. The fourth-order valence-corrected chi connectivity index (χ4v) is 4.42. The van der Waals surface area contributed by atoms with Crippen molar-refractivity contribution in [3.63, 3.8) is 0 Å². The van der Waals surface area contributed by atoms with E-state index in [2.05, 4.69) is 21.3 Å². The summed E-state index contributed by atoms with van der Waals surface area (Å²) in [5, 5.41) is 11.4. The molecule has 1 aromatic rings. The number of amides is 4. The molecule has 6 N–H and O–H groups in total. The average Bonchev–Trinajstić information content (AvgIpc) is 3.08. The summed E-state index contributed by atoms with van der Waals surface area (Å²) < 4.78 is 27.2. The first-order valence-electron chi connectivity index (χ1n) is 17.8. The quantitative estimate of drug-likeness (QED) is 0.0600. The number of nitrogens with two attached hydrogens (primary N) is 1. The highest BCUT2D eigenvalue weighted by Gasteiger charge is 2.27. The van der Waals surface area contributed by atoms with Gasteiger partial charge >= 0.3 is 12.0 Å². The van der Waals surface area contributed by atoms with Gasteiger partial charge in [0.25, 0.3) is 0 Å². The second-order valence-electron chi connectivity index (χ2n) is 12.9. The molecular weight excluding hydrogens is 662 g/mol. The van der Waals surface area contributed by atoms with Crippen LogP contribution in [0.25, 0.3) is 0 Å². The van der Waals surface area contributed by atoms with E-state index in [1.54, 1.807) is 38.1 Å². The van der Waals surface area contributed by atoms with Gasteiger partial charge in [0.2, 0.25) is 11.8 Å². The smallest absolute Gasteiger partial charge is 0.312 e. The van der Waals surface area contributed by atoms with Crippen molar-refractivity contribution in [1.82, 2.24) is 16.0 Å². The lowest BCUT2D eigenvalue weighted by Crippen LogP contribution is -2.53. The van der Waals surface area contributed by atoms with Gasteiger partial charge in [-0.1, -0.05) is 53.7 Å². The van der Waals surface area contributed by atoms with Crippen molar-refractivity contribution in [2.24, 2.45) is 23.5 Å². The summed E-state index contributed by atoms with van der Waals surface area (Å²) in [5.74, 6) is -1.15. The molecule has 0 fully saturated rings. The minimum Gasteiger partial charge on any atom is -0.461 e. The SMILES string of the molecule is CC(C)C(=O)CCOCCOCCOCCOCCN[C@H](C(=O)N[C@@H](CCCNC(N)=O)C(=O)Nc1ccc(COC(=O)C(C)C)cc1)C(C)C. The Balaban J connectivity index is 2.46. The third kappa shape index (κ3) is 22.0. The van der Waals surface area contributed by atoms with Crippen molar-refractivity contribution in [3.05, 3.63) is 29.8 Å². The number of ketones is 1. The van der Waals surface area contributed by atoms with E-state index in [1.807, 2.05) is 27.7 Å². The van der Waals surface area contributed by atoms with Gasteiger partial charge in [0.05, 0.1) is 64.8 Å². The van der Waals surface area contributed by atoms with Crippen LogP contribution in [0.5, 0.6) is 0 Å². The van der Waals surface area contributed by atoms with Gasteiger partial charge in [-0.25, -0.2) is 4.79 Å². The largest absolute Gasteiger partial charge is 0.461 e. The number of carbonyl (C=O) groups is 5. The Hall–Kier alpha value is -3.63. The number of primary amides is 1. The number of anilines is 1. The highest BCUT2D eigenvalue weighted by Crippen LogP contribution is 2.13. The first-order chi connectivity index (χ1) is 24.3. The topological polar surface area (TPSA) is 206 Å². The molecule has 0 unspecified atom stereocenters. The van der Waals surface area contributed by atoms with Crippen molar-refractivity contribution in [2.45, 2.75) is 79.5 Å². The fraction of sp³-hybridized carbons (Fsp3) is 0.694. The molecule has 290 valence electrons. The minimum absolute atomic E-state index is 0.0241.